The number of rotatable bonds is 5. The second kappa shape index (κ2) is 6.96. The van der Waals surface area contributed by atoms with Crippen LogP contribution >= 0.6 is 0 Å². The summed E-state index contributed by atoms with van der Waals surface area (Å²) < 4.78 is 27.0. The van der Waals surface area contributed by atoms with Crippen molar-refractivity contribution in [2.75, 3.05) is 19.6 Å². The topological polar surface area (TPSA) is 15.3 Å². The lowest BCUT2D eigenvalue weighted by atomic mass is 10.0. The highest BCUT2D eigenvalue weighted by atomic mass is 19.1. The summed E-state index contributed by atoms with van der Waals surface area (Å²) in [5.74, 6) is -0.680. The van der Waals surface area contributed by atoms with Gasteiger partial charge in [0.2, 0.25) is 0 Å². The molecule has 19 heavy (non-hydrogen) atoms. The molecule has 0 amide bonds. The van der Waals surface area contributed by atoms with Gasteiger partial charge in [0.05, 0.1) is 0 Å². The SMILES string of the molecule is CCCN(Cc1cc(F)ccc1F)C1CCCNC1. The number of nitrogens with zero attached hydrogens (tertiary/aromatic N) is 1. The minimum atomic E-state index is -0.366. The van der Waals surface area contributed by atoms with E-state index < -0.39 is 0 Å². The highest BCUT2D eigenvalue weighted by Crippen LogP contribution is 2.17. The summed E-state index contributed by atoms with van der Waals surface area (Å²) in [5.41, 5.74) is 0.457. The van der Waals surface area contributed by atoms with Gasteiger partial charge in [0, 0.05) is 24.7 Å². The average molecular weight is 268 g/mol. The molecule has 4 heteroatoms. The third kappa shape index (κ3) is 3.98. The third-order valence-electron chi connectivity index (χ3n) is 3.68. The number of piperidine rings is 1. The molecule has 1 unspecified atom stereocenters. The molecule has 1 aliphatic rings. The molecule has 1 aliphatic heterocycles. The first-order chi connectivity index (χ1) is 9.20. The van der Waals surface area contributed by atoms with Crippen molar-refractivity contribution in [1.29, 1.82) is 0 Å². The van der Waals surface area contributed by atoms with Crippen LogP contribution in [0, 0.1) is 11.6 Å². The summed E-state index contributed by atoms with van der Waals surface area (Å²) in [4.78, 5) is 2.27. The van der Waals surface area contributed by atoms with Crippen molar-refractivity contribution < 1.29 is 8.78 Å². The lowest BCUT2D eigenvalue weighted by Gasteiger charge is -2.34. The smallest absolute Gasteiger partial charge is 0.127 e. The van der Waals surface area contributed by atoms with Crippen LogP contribution in [0.1, 0.15) is 31.7 Å². The summed E-state index contributed by atoms with van der Waals surface area (Å²) in [5, 5.41) is 3.38. The van der Waals surface area contributed by atoms with Crippen molar-refractivity contribution in [2.24, 2.45) is 0 Å². The molecular weight excluding hydrogens is 246 g/mol. The minimum absolute atomic E-state index is 0.314. The van der Waals surface area contributed by atoms with E-state index in [1.54, 1.807) is 0 Å². The summed E-state index contributed by atoms with van der Waals surface area (Å²) in [6.45, 7) is 5.53. The molecule has 1 aromatic rings. The van der Waals surface area contributed by atoms with Crippen molar-refractivity contribution in [1.82, 2.24) is 10.2 Å². The van der Waals surface area contributed by atoms with Gasteiger partial charge in [-0.05, 0) is 50.6 Å². The van der Waals surface area contributed by atoms with Gasteiger partial charge in [-0.25, -0.2) is 8.78 Å². The molecule has 1 heterocycles. The molecule has 2 nitrogen and oxygen atoms in total. The summed E-state index contributed by atoms with van der Waals surface area (Å²) in [6, 6.07) is 4.13. The lowest BCUT2D eigenvalue weighted by molar-refractivity contribution is 0.156. The van der Waals surface area contributed by atoms with Gasteiger partial charge in [-0.3, -0.25) is 4.90 Å². The van der Waals surface area contributed by atoms with Crippen molar-refractivity contribution in [3.63, 3.8) is 0 Å². The first-order valence-corrected chi connectivity index (χ1v) is 7.09. The van der Waals surface area contributed by atoms with E-state index in [4.69, 9.17) is 0 Å². The molecule has 1 saturated heterocycles. The van der Waals surface area contributed by atoms with E-state index in [-0.39, 0.29) is 11.6 Å². The second-order valence-corrected chi connectivity index (χ2v) is 5.21. The first kappa shape index (κ1) is 14.4. The van der Waals surface area contributed by atoms with Gasteiger partial charge in [-0.2, -0.15) is 0 Å². The quantitative estimate of drug-likeness (QED) is 0.883. The number of halogens is 2. The van der Waals surface area contributed by atoms with E-state index in [1.807, 2.05) is 0 Å². The van der Waals surface area contributed by atoms with E-state index in [0.717, 1.165) is 38.9 Å². The van der Waals surface area contributed by atoms with E-state index >= 15 is 0 Å². The fourth-order valence-corrected chi connectivity index (χ4v) is 2.71. The molecule has 1 fully saturated rings. The van der Waals surface area contributed by atoms with E-state index in [0.29, 0.717) is 18.2 Å². The van der Waals surface area contributed by atoms with Crippen LogP contribution in [0.5, 0.6) is 0 Å². The van der Waals surface area contributed by atoms with Gasteiger partial charge in [0.15, 0.2) is 0 Å². The Labute approximate surface area is 113 Å². The van der Waals surface area contributed by atoms with Crippen molar-refractivity contribution in [3.05, 3.63) is 35.4 Å². The van der Waals surface area contributed by atoms with Crippen LogP contribution in [0.25, 0.3) is 0 Å². The zero-order valence-electron chi connectivity index (χ0n) is 11.5. The Morgan fingerprint density at radius 2 is 2.21 bits per heavy atom. The molecule has 0 bridgehead atoms. The van der Waals surface area contributed by atoms with Crippen LogP contribution < -0.4 is 5.32 Å². The normalized spacial score (nSPS) is 19.9. The van der Waals surface area contributed by atoms with Gasteiger partial charge >= 0.3 is 0 Å². The molecule has 0 aliphatic carbocycles. The van der Waals surface area contributed by atoms with Gasteiger partial charge in [0.25, 0.3) is 0 Å². The number of hydrogen-bond donors (Lipinski definition) is 1. The standard InChI is InChI=1S/C15H22F2N2/c1-2-8-19(14-4-3-7-18-10-14)11-12-9-13(16)5-6-15(12)17/h5-6,9,14,18H,2-4,7-8,10-11H2,1H3. The van der Waals surface area contributed by atoms with E-state index in [9.17, 15) is 8.78 Å². The predicted molar refractivity (Wildman–Crippen MR) is 73.0 cm³/mol. The highest BCUT2D eigenvalue weighted by Gasteiger charge is 2.21. The summed E-state index contributed by atoms with van der Waals surface area (Å²) >= 11 is 0. The van der Waals surface area contributed by atoms with Crippen molar-refractivity contribution >= 4 is 0 Å². The fraction of sp³-hybridized carbons (Fsp3) is 0.600. The maximum Gasteiger partial charge on any atom is 0.127 e. The molecule has 1 atom stereocenters. The molecule has 106 valence electrons. The molecule has 0 spiro atoms. The number of hydrogen-bond acceptors (Lipinski definition) is 2. The third-order valence-corrected chi connectivity index (χ3v) is 3.68. The van der Waals surface area contributed by atoms with Crippen LogP contribution in [0.15, 0.2) is 18.2 Å². The Kier molecular flexibility index (Phi) is 5.28. The molecule has 0 saturated carbocycles. The van der Waals surface area contributed by atoms with Crippen LogP contribution in [-0.4, -0.2) is 30.6 Å². The second-order valence-electron chi connectivity index (χ2n) is 5.21. The minimum Gasteiger partial charge on any atom is -0.315 e. The molecule has 1 N–H and O–H groups in total. The highest BCUT2D eigenvalue weighted by molar-refractivity contribution is 5.18. The summed E-state index contributed by atoms with van der Waals surface area (Å²) in [7, 11) is 0. The maximum atomic E-state index is 13.7. The number of benzene rings is 1. The predicted octanol–water partition coefficient (Wildman–Crippen LogP) is 2.93. The van der Waals surface area contributed by atoms with Crippen molar-refractivity contribution in [3.8, 4) is 0 Å². The zero-order valence-corrected chi connectivity index (χ0v) is 11.5. The summed E-state index contributed by atoms with van der Waals surface area (Å²) in [6.07, 6.45) is 3.30. The molecular formula is C15H22F2N2. The Bertz CT molecular complexity index is 403. The van der Waals surface area contributed by atoms with Crippen LogP contribution in [0.4, 0.5) is 8.78 Å². The van der Waals surface area contributed by atoms with Crippen LogP contribution in [0.3, 0.4) is 0 Å². The van der Waals surface area contributed by atoms with Gasteiger partial charge in [-0.15, -0.1) is 0 Å². The molecule has 2 rings (SSSR count). The van der Waals surface area contributed by atoms with Crippen molar-refractivity contribution in [2.45, 2.75) is 38.8 Å². The molecule has 1 aromatic carbocycles. The largest absolute Gasteiger partial charge is 0.315 e. The Hall–Kier alpha value is -1.00. The van der Waals surface area contributed by atoms with Gasteiger partial charge in [0.1, 0.15) is 11.6 Å². The van der Waals surface area contributed by atoms with E-state index in [2.05, 4.69) is 17.1 Å². The lowest BCUT2D eigenvalue weighted by Crippen LogP contribution is -2.46. The Morgan fingerprint density at radius 1 is 1.37 bits per heavy atom. The van der Waals surface area contributed by atoms with Crippen LogP contribution in [-0.2, 0) is 6.54 Å². The van der Waals surface area contributed by atoms with E-state index in [1.165, 1.54) is 18.2 Å². The first-order valence-electron chi connectivity index (χ1n) is 7.09. The molecule has 0 aromatic heterocycles. The Balaban J connectivity index is 2.08. The van der Waals surface area contributed by atoms with Crippen LogP contribution in [0.2, 0.25) is 0 Å². The molecule has 0 radical (unpaired) electrons. The average Bonchev–Trinajstić information content (AvgIpc) is 2.43. The van der Waals surface area contributed by atoms with Gasteiger partial charge < -0.3 is 5.32 Å². The van der Waals surface area contributed by atoms with Gasteiger partial charge in [-0.1, -0.05) is 6.92 Å². The maximum absolute atomic E-state index is 13.7. The Morgan fingerprint density at radius 3 is 2.89 bits per heavy atom. The fourth-order valence-electron chi connectivity index (χ4n) is 2.71. The monoisotopic (exact) mass is 268 g/mol. The zero-order chi connectivity index (χ0) is 13.7. The number of nitrogens with one attached hydrogen (secondary N) is 1.